The molecule has 0 spiro atoms. The average molecular weight is 295 g/mol. The van der Waals surface area contributed by atoms with Gasteiger partial charge in [-0.1, -0.05) is 30.3 Å². The lowest BCUT2D eigenvalue weighted by Gasteiger charge is -2.11. The molecule has 1 atom stereocenters. The molecule has 0 radical (unpaired) electrons. The maximum atomic E-state index is 9.63. The van der Waals surface area contributed by atoms with Crippen molar-refractivity contribution in [3.63, 3.8) is 0 Å². The lowest BCUT2D eigenvalue weighted by Crippen LogP contribution is -2.43. The van der Waals surface area contributed by atoms with Crippen LogP contribution in [0.2, 0.25) is 0 Å². The van der Waals surface area contributed by atoms with Gasteiger partial charge in [0.05, 0.1) is 12.0 Å². The van der Waals surface area contributed by atoms with E-state index in [1.54, 1.807) is 6.20 Å². The highest BCUT2D eigenvalue weighted by atomic mass is 16.5. The normalized spacial score (nSPS) is 12.4. The first kappa shape index (κ1) is 14.6. The minimum Gasteiger partial charge on any atom is -0.389 e. The van der Waals surface area contributed by atoms with Crippen molar-refractivity contribution in [1.29, 1.82) is 0 Å². The molecule has 0 saturated carbocycles. The standard InChI is InChI=1S/C18H19N2O2/c21-12-18(14-22-13-15-4-2-1-3-5-15)20-9-7-16-6-8-19-10-17(16)11-20/h1-11,18,21H,12-14H2/q+1/t18-/m0/s1. The summed E-state index contributed by atoms with van der Waals surface area (Å²) in [5.74, 6) is 0. The zero-order valence-electron chi connectivity index (χ0n) is 12.3. The van der Waals surface area contributed by atoms with E-state index in [9.17, 15) is 5.11 Å². The number of aliphatic hydroxyl groups excluding tert-OH is 1. The van der Waals surface area contributed by atoms with Gasteiger partial charge in [-0.15, -0.1) is 0 Å². The van der Waals surface area contributed by atoms with Crippen LogP contribution in [0.3, 0.4) is 0 Å². The van der Waals surface area contributed by atoms with E-state index in [0.717, 1.165) is 16.3 Å². The highest BCUT2D eigenvalue weighted by Gasteiger charge is 2.18. The first-order chi connectivity index (χ1) is 10.9. The van der Waals surface area contributed by atoms with Gasteiger partial charge in [-0.05, 0) is 17.0 Å². The van der Waals surface area contributed by atoms with E-state index in [0.29, 0.717) is 13.2 Å². The Hall–Kier alpha value is -2.30. The Labute approximate surface area is 129 Å². The van der Waals surface area contributed by atoms with Crippen molar-refractivity contribution in [2.45, 2.75) is 12.6 Å². The summed E-state index contributed by atoms with van der Waals surface area (Å²) in [7, 11) is 0. The number of hydrogen-bond acceptors (Lipinski definition) is 3. The maximum Gasteiger partial charge on any atom is 0.204 e. The number of rotatable bonds is 6. The van der Waals surface area contributed by atoms with Gasteiger partial charge in [0.2, 0.25) is 6.04 Å². The summed E-state index contributed by atoms with van der Waals surface area (Å²) in [6, 6.07) is 13.9. The summed E-state index contributed by atoms with van der Waals surface area (Å²) in [4.78, 5) is 4.13. The summed E-state index contributed by atoms with van der Waals surface area (Å²) in [5.41, 5.74) is 1.13. The summed E-state index contributed by atoms with van der Waals surface area (Å²) in [6.07, 6.45) is 7.56. The molecule has 0 unspecified atom stereocenters. The predicted octanol–water partition coefficient (Wildman–Crippen LogP) is 2.27. The lowest BCUT2D eigenvalue weighted by molar-refractivity contribution is -0.725. The topological polar surface area (TPSA) is 46.2 Å². The molecule has 22 heavy (non-hydrogen) atoms. The van der Waals surface area contributed by atoms with Crippen LogP contribution in [0.15, 0.2) is 67.3 Å². The number of fused-ring (bicyclic) bond motifs is 1. The van der Waals surface area contributed by atoms with E-state index in [1.807, 2.05) is 65.6 Å². The fourth-order valence-electron chi connectivity index (χ4n) is 2.39. The molecule has 0 bridgehead atoms. The summed E-state index contributed by atoms with van der Waals surface area (Å²) in [5, 5.41) is 11.8. The van der Waals surface area contributed by atoms with Gasteiger partial charge in [0.25, 0.3) is 0 Å². The van der Waals surface area contributed by atoms with Gasteiger partial charge in [-0.3, -0.25) is 4.98 Å². The third kappa shape index (κ3) is 3.47. The number of aromatic nitrogens is 2. The molecule has 1 N–H and O–H groups in total. The Kier molecular flexibility index (Phi) is 4.73. The van der Waals surface area contributed by atoms with Crippen LogP contribution in [0.1, 0.15) is 11.6 Å². The molecule has 4 heteroatoms. The number of nitrogens with zero attached hydrogens (tertiary/aromatic N) is 2. The fourth-order valence-corrected chi connectivity index (χ4v) is 2.39. The van der Waals surface area contributed by atoms with Crippen LogP contribution in [0.25, 0.3) is 10.8 Å². The number of pyridine rings is 2. The molecule has 0 amide bonds. The molecule has 0 saturated heterocycles. The number of ether oxygens (including phenoxy) is 1. The van der Waals surface area contributed by atoms with Gasteiger partial charge in [-0.2, -0.15) is 4.57 Å². The monoisotopic (exact) mass is 295 g/mol. The quantitative estimate of drug-likeness (QED) is 0.710. The number of hydrogen-bond donors (Lipinski definition) is 1. The minimum absolute atomic E-state index is 0.0330. The van der Waals surface area contributed by atoms with Crippen molar-refractivity contribution in [1.82, 2.24) is 4.98 Å². The minimum atomic E-state index is -0.103. The third-order valence-electron chi connectivity index (χ3n) is 3.66. The lowest BCUT2D eigenvalue weighted by atomic mass is 10.2. The molecule has 0 aliphatic carbocycles. The second-order valence-corrected chi connectivity index (χ2v) is 5.23. The molecule has 0 aliphatic heterocycles. The molecule has 112 valence electrons. The van der Waals surface area contributed by atoms with Gasteiger partial charge in [0.1, 0.15) is 13.2 Å². The van der Waals surface area contributed by atoms with E-state index in [2.05, 4.69) is 4.98 Å². The first-order valence-electron chi connectivity index (χ1n) is 7.34. The molecule has 0 aliphatic rings. The SMILES string of the molecule is OC[C@@H](COCc1ccccc1)[n+]1ccc2ccncc2c1. The maximum absolute atomic E-state index is 9.63. The van der Waals surface area contributed by atoms with Crippen molar-refractivity contribution in [3.8, 4) is 0 Å². The second-order valence-electron chi connectivity index (χ2n) is 5.23. The van der Waals surface area contributed by atoms with E-state index in [1.165, 1.54) is 0 Å². The second kappa shape index (κ2) is 7.11. The zero-order valence-corrected chi connectivity index (χ0v) is 12.3. The molecule has 0 fully saturated rings. The number of aliphatic hydroxyl groups is 1. The van der Waals surface area contributed by atoms with Crippen molar-refractivity contribution in [3.05, 3.63) is 72.8 Å². The molecule has 2 heterocycles. The van der Waals surface area contributed by atoms with Crippen LogP contribution in [0.4, 0.5) is 0 Å². The third-order valence-corrected chi connectivity index (χ3v) is 3.66. The summed E-state index contributed by atoms with van der Waals surface area (Å²) < 4.78 is 7.72. The van der Waals surface area contributed by atoms with Gasteiger partial charge in [-0.25, -0.2) is 0 Å². The highest BCUT2D eigenvalue weighted by Crippen LogP contribution is 2.10. The van der Waals surface area contributed by atoms with Crippen LogP contribution < -0.4 is 4.57 Å². The van der Waals surface area contributed by atoms with Crippen molar-refractivity contribution in [2.75, 3.05) is 13.2 Å². The average Bonchev–Trinajstić information content (AvgIpc) is 2.59. The molecule has 1 aromatic carbocycles. The number of benzene rings is 1. The van der Waals surface area contributed by atoms with Gasteiger partial charge < -0.3 is 9.84 Å². The van der Waals surface area contributed by atoms with Crippen molar-refractivity contribution < 1.29 is 14.4 Å². The summed E-state index contributed by atoms with van der Waals surface area (Å²) >= 11 is 0. The Bertz CT molecular complexity index is 731. The Morgan fingerprint density at radius 2 is 1.95 bits per heavy atom. The van der Waals surface area contributed by atoms with Gasteiger partial charge >= 0.3 is 0 Å². The molecule has 3 rings (SSSR count). The van der Waals surface area contributed by atoms with Crippen LogP contribution in [0, 0.1) is 0 Å². The largest absolute Gasteiger partial charge is 0.389 e. The van der Waals surface area contributed by atoms with E-state index in [-0.39, 0.29) is 12.6 Å². The van der Waals surface area contributed by atoms with Gasteiger partial charge in [0, 0.05) is 18.5 Å². The zero-order chi connectivity index (χ0) is 15.2. The van der Waals surface area contributed by atoms with Crippen LogP contribution in [0.5, 0.6) is 0 Å². The Morgan fingerprint density at radius 1 is 1.09 bits per heavy atom. The van der Waals surface area contributed by atoms with E-state index >= 15 is 0 Å². The summed E-state index contributed by atoms with van der Waals surface area (Å²) in [6.45, 7) is 1.04. The fraction of sp³-hybridized carbons (Fsp3) is 0.222. The van der Waals surface area contributed by atoms with Crippen molar-refractivity contribution >= 4 is 10.8 Å². The molecule has 4 nitrogen and oxygen atoms in total. The molecular weight excluding hydrogens is 276 g/mol. The molecular formula is C18H19N2O2+. The van der Waals surface area contributed by atoms with Crippen LogP contribution in [-0.2, 0) is 11.3 Å². The smallest absolute Gasteiger partial charge is 0.204 e. The molecule has 3 aromatic rings. The first-order valence-corrected chi connectivity index (χ1v) is 7.34. The van der Waals surface area contributed by atoms with Crippen LogP contribution in [-0.4, -0.2) is 23.3 Å². The predicted molar refractivity (Wildman–Crippen MR) is 84.2 cm³/mol. The molecule has 2 aromatic heterocycles. The Balaban J connectivity index is 1.67. The van der Waals surface area contributed by atoms with E-state index in [4.69, 9.17) is 4.74 Å². The van der Waals surface area contributed by atoms with Crippen LogP contribution >= 0.6 is 0 Å². The van der Waals surface area contributed by atoms with Crippen molar-refractivity contribution in [2.24, 2.45) is 0 Å². The van der Waals surface area contributed by atoms with E-state index < -0.39 is 0 Å². The van der Waals surface area contributed by atoms with Gasteiger partial charge in [0.15, 0.2) is 12.4 Å². The Morgan fingerprint density at radius 3 is 2.77 bits per heavy atom. The highest BCUT2D eigenvalue weighted by molar-refractivity contribution is 5.79.